The van der Waals surface area contributed by atoms with Crippen LogP contribution in [0.4, 0.5) is 5.13 Å². The summed E-state index contributed by atoms with van der Waals surface area (Å²) in [5, 5.41) is 14.8. The van der Waals surface area contributed by atoms with E-state index in [0.29, 0.717) is 17.1 Å². The maximum absolute atomic E-state index is 12.0. The molecule has 2 N–H and O–H groups in total. The summed E-state index contributed by atoms with van der Waals surface area (Å²) < 4.78 is 0. The van der Waals surface area contributed by atoms with Gasteiger partial charge in [0.1, 0.15) is 5.01 Å². The number of benzene rings is 2. The average Bonchev–Trinajstić information content (AvgIpc) is 3.10. The van der Waals surface area contributed by atoms with Crippen molar-refractivity contribution in [1.29, 1.82) is 0 Å². The molecule has 0 aliphatic carbocycles. The van der Waals surface area contributed by atoms with Gasteiger partial charge >= 0.3 is 0 Å². The Morgan fingerprint density at radius 1 is 0.923 bits per heavy atom. The summed E-state index contributed by atoms with van der Waals surface area (Å²) in [5.41, 5.74) is 1.72. The van der Waals surface area contributed by atoms with E-state index in [-0.39, 0.29) is 24.8 Å². The summed E-state index contributed by atoms with van der Waals surface area (Å²) in [7, 11) is 0. The predicted molar refractivity (Wildman–Crippen MR) is 101 cm³/mol. The van der Waals surface area contributed by atoms with Crippen molar-refractivity contribution in [2.45, 2.75) is 12.8 Å². The van der Waals surface area contributed by atoms with Crippen LogP contribution >= 0.6 is 11.3 Å². The maximum atomic E-state index is 12.0. The van der Waals surface area contributed by atoms with Crippen LogP contribution < -0.4 is 10.6 Å². The topological polar surface area (TPSA) is 84.0 Å². The lowest BCUT2D eigenvalue weighted by Gasteiger charge is -2.04. The molecular weight excluding hydrogens is 348 g/mol. The van der Waals surface area contributed by atoms with Crippen LogP contribution in [0.1, 0.15) is 27.3 Å². The van der Waals surface area contributed by atoms with E-state index in [1.54, 1.807) is 24.3 Å². The number of amides is 2. The largest absolute Gasteiger partial charge is 0.352 e. The van der Waals surface area contributed by atoms with Gasteiger partial charge in [-0.25, -0.2) is 0 Å². The normalized spacial score (nSPS) is 10.3. The van der Waals surface area contributed by atoms with Gasteiger partial charge < -0.3 is 10.6 Å². The first-order valence-electron chi connectivity index (χ1n) is 8.20. The van der Waals surface area contributed by atoms with E-state index < -0.39 is 0 Å². The van der Waals surface area contributed by atoms with Crippen molar-refractivity contribution in [3.63, 3.8) is 0 Å². The molecule has 0 saturated carbocycles. The molecule has 2 aromatic carbocycles. The SMILES string of the molecule is O=C(CCNC(=O)c1ccccc1)Nc1nnc(Cc2ccccc2)s1. The lowest BCUT2D eigenvalue weighted by Crippen LogP contribution is -2.27. The molecule has 3 rings (SSSR count). The van der Waals surface area contributed by atoms with Crippen LogP contribution in [0.15, 0.2) is 60.7 Å². The third-order valence-electron chi connectivity index (χ3n) is 3.58. The van der Waals surface area contributed by atoms with E-state index in [4.69, 9.17) is 0 Å². The Bertz CT molecular complexity index is 866. The van der Waals surface area contributed by atoms with E-state index >= 15 is 0 Å². The monoisotopic (exact) mass is 366 g/mol. The zero-order chi connectivity index (χ0) is 18.2. The molecule has 1 aromatic heterocycles. The molecule has 1 heterocycles. The van der Waals surface area contributed by atoms with Gasteiger partial charge in [0.2, 0.25) is 11.0 Å². The molecule has 0 fully saturated rings. The molecular formula is C19H18N4O2S. The maximum Gasteiger partial charge on any atom is 0.251 e. The molecule has 0 atom stereocenters. The fourth-order valence-electron chi connectivity index (χ4n) is 2.31. The Morgan fingerprint density at radius 2 is 1.62 bits per heavy atom. The number of carbonyl (C=O) groups excluding carboxylic acids is 2. The van der Waals surface area contributed by atoms with Crippen molar-refractivity contribution in [2.75, 3.05) is 11.9 Å². The second-order valence-electron chi connectivity index (χ2n) is 5.58. The number of nitrogens with zero attached hydrogens (tertiary/aromatic N) is 2. The van der Waals surface area contributed by atoms with Gasteiger partial charge in [0.25, 0.3) is 5.91 Å². The Kier molecular flexibility index (Phi) is 6.05. The molecule has 0 spiro atoms. The number of aromatic nitrogens is 2. The minimum atomic E-state index is -0.208. The van der Waals surface area contributed by atoms with Crippen molar-refractivity contribution >= 4 is 28.3 Å². The van der Waals surface area contributed by atoms with E-state index in [2.05, 4.69) is 20.8 Å². The minimum Gasteiger partial charge on any atom is -0.352 e. The quantitative estimate of drug-likeness (QED) is 0.673. The van der Waals surface area contributed by atoms with Crippen LogP contribution in [-0.4, -0.2) is 28.6 Å². The minimum absolute atomic E-state index is 0.173. The summed E-state index contributed by atoms with van der Waals surface area (Å²) in [6.45, 7) is 0.259. The molecule has 3 aromatic rings. The number of carbonyl (C=O) groups is 2. The average molecular weight is 366 g/mol. The van der Waals surface area contributed by atoms with Crippen LogP contribution in [0.25, 0.3) is 0 Å². The number of anilines is 1. The molecule has 2 amide bonds. The van der Waals surface area contributed by atoms with Crippen molar-refractivity contribution in [1.82, 2.24) is 15.5 Å². The van der Waals surface area contributed by atoms with Crippen LogP contribution in [0.5, 0.6) is 0 Å². The van der Waals surface area contributed by atoms with Gasteiger partial charge in [0, 0.05) is 24.9 Å². The van der Waals surface area contributed by atoms with Gasteiger partial charge in [-0.15, -0.1) is 10.2 Å². The van der Waals surface area contributed by atoms with Gasteiger partial charge in [-0.1, -0.05) is 59.9 Å². The molecule has 0 saturated heterocycles. The highest BCUT2D eigenvalue weighted by Crippen LogP contribution is 2.18. The second-order valence-corrected chi connectivity index (χ2v) is 6.65. The smallest absolute Gasteiger partial charge is 0.251 e. The Balaban J connectivity index is 1.43. The Labute approximate surface area is 155 Å². The first-order valence-corrected chi connectivity index (χ1v) is 9.02. The summed E-state index contributed by atoms with van der Waals surface area (Å²) in [4.78, 5) is 23.9. The zero-order valence-electron chi connectivity index (χ0n) is 14.0. The van der Waals surface area contributed by atoms with Crippen LogP contribution in [0, 0.1) is 0 Å². The third-order valence-corrected chi connectivity index (χ3v) is 4.42. The third kappa shape index (κ3) is 5.22. The number of rotatable bonds is 7. The zero-order valence-corrected chi connectivity index (χ0v) is 14.8. The van der Waals surface area contributed by atoms with Gasteiger partial charge in [0.15, 0.2) is 0 Å². The van der Waals surface area contributed by atoms with Gasteiger partial charge in [-0.3, -0.25) is 9.59 Å². The van der Waals surface area contributed by atoms with E-state index in [1.165, 1.54) is 11.3 Å². The summed E-state index contributed by atoms with van der Waals surface area (Å²) >= 11 is 1.35. The molecule has 0 bridgehead atoms. The molecule has 6 nitrogen and oxygen atoms in total. The van der Waals surface area contributed by atoms with Crippen molar-refractivity contribution < 1.29 is 9.59 Å². The second kappa shape index (κ2) is 8.87. The summed E-state index contributed by atoms with van der Waals surface area (Å²) in [5.74, 6) is -0.403. The van der Waals surface area contributed by atoms with Crippen LogP contribution in [-0.2, 0) is 11.2 Å². The van der Waals surface area contributed by atoms with Crippen LogP contribution in [0.3, 0.4) is 0 Å². The molecule has 0 aliphatic rings. The summed E-state index contributed by atoms with van der Waals surface area (Å²) in [6.07, 6.45) is 0.855. The number of hydrogen-bond acceptors (Lipinski definition) is 5. The number of hydrogen-bond donors (Lipinski definition) is 2. The van der Waals surface area contributed by atoms with Gasteiger partial charge in [-0.05, 0) is 17.7 Å². The van der Waals surface area contributed by atoms with E-state index in [0.717, 1.165) is 10.6 Å². The van der Waals surface area contributed by atoms with Gasteiger partial charge in [-0.2, -0.15) is 0 Å². The van der Waals surface area contributed by atoms with Crippen molar-refractivity contribution in [2.24, 2.45) is 0 Å². The highest BCUT2D eigenvalue weighted by atomic mass is 32.1. The molecule has 0 unspecified atom stereocenters. The molecule has 0 radical (unpaired) electrons. The van der Waals surface area contributed by atoms with Gasteiger partial charge in [0.05, 0.1) is 0 Å². The predicted octanol–water partition coefficient (Wildman–Crippen LogP) is 2.89. The van der Waals surface area contributed by atoms with E-state index in [1.807, 2.05) is 36.4 Å². The standard InChI is InChI=1S/C19H18N4O2S/c24-16(11-12-20-18(25)15-9-5-2-6-10-15)21-19-23-22-17(26-19)13-14-7-3-1-4-8-14/h1-10H,11-13H2,(H,20,25)(H,21,23,24). The molecule has 26 heavy (non-hydrogen) atoms. The molecule has 132 valence electrons. The van der Waals surface area contributed by atoms with Crippen LogP contribution in [0.2, 0.25) is 0 Å². The van der Waals surface area contributed by atoms with Crippen molar-refractivity contribution in [3.05, 3.63) is 76.8 Å². The Morgan fingerprint density at radius 3 is 2.35 bits per heavy atom. The molecule has 7 heteroatoms. The summed E-state index contributed by atoms with van der Waals surface area (Å²) in [6, 6.07) is 18.9. The lowest BCUT2D eigenvalue weighted by molar-refractivity contribution is -0.116. The highest BCUT2D eigenvalue weighted by molar-refractivity contribution is 7.15. The Hall–Kier alpha value is -3.06. The first kappa shape index (κ1) is 17.8. The van der Waals surface area contributed by atoms with Crippen molar-refractivity contribution in [3.8, 4) is 0 Å². The first-order chi connectivity index (χ1) is 12.7. The van der Waals surface area contributed by atoms with E-state index in [9.17, 15) is 9.59 Å². The molecule has 0 aliphatic heterocycles. The lowest BCUT2D eigenvalue weighted by atomic mass is 10.2. The highest BCUT2D eigenvalue weighted by Gasteiger charge is 2.10. The fourth-order valence-corrected chi connectivity index (χ4v) is 3.10. The number of nitrogens with one attached hydrogen (secondary N) is 2. The fraction of sp³-hybridized carbons (Fsp3) is 0.158.